The van der Waals surface area contributed by atoms with Crippen molar-refractivity contribution in [2.24, 2.45) is 0 Å². The van der Waals surface area contributed by atoms with Gasteiger partial charge in [0.25, 0.3) is 0 Å². The van der Waals surface area contributed by atoms with Gasteiger partial charge in [-0.25, -0.2) is 4.79 Å². The molecule has 0 saturated heterocycles. The summed E-state index contributed by atoms with van der Waals surface area (Å²) >= 11 is 0. The summed E-state index contributed by atoms with van der Waals surface area (Å²) in [5.74, 6) is -1.15. The number of carboxylic acid groups (broad SMARTS) is 1. The average Bonchev–Trinajstić information content (AvgIpc) is 1.65. The summed E-state index contributed by atoms with van der Waals surface area (Å²) in [6.07, 6.45) is -0.907. The first-order valence-electron chi connectivity index (χ1n) is 2.09. The van der Waals surface area contributed by atoms with Crippen molar-refractivity contribution < 1.29 is 46.0 Å². The van der Waals surface area contributed by atoms with Crippen molar-refractivity contribution in [1.82, 2.24) is 6.15 Å². The molecule has 0 rings (SSSR count). The maximum absolute atomic E-state index is 9.68. The van der Waals surface area contributed by atoms with Gasteiger partial charge in [-0.05, 0) is 6.42 Å². The number of hydrogen-bond acceptors (Lipinski definition) is 3. The predicted octanol–water partition coefficient (Wildman–Crippen LogP) is -2.88. The minimum atomic E-state index is -1.18. The largest absolute Gasteiger partial charge is 1.00 e. The SMILES string of the molecule is CCC(O)C(=O)O.N.[H-].[Na+]. The average molecular weight is 145 g/mol. The van der Waals surface area contributed by atoms with E-state index in [1.807, 2.05) is 0 Å². The molecule has 9 heavy (non-hydrogen) atoms. The standard InChI is InChI=1S/C4H8O3.H3N.Na.H/c1-2-3(5)4(6)7;;;/h3,5H,2H2,1H3,(H,6,7);1H3;;/q;;+1;-1. The van der Waals surface area contributed by atoms with E-state index < -0.39 is 12.1 Å². The van der Waals surface area contributed by atoms with Crippen LogP contribution in [0, 0.1) is 0 Å². The number of aliphatic hydroxyl groups is 1. The zero-order valence-electron chi connectivity index (χ0n) is 6.79. The van der Waals surface area contributed by atoms with E-state index in [2.05, 4.69) is 0 Å². The third kappa shape index (κ3) is 8.39. The van der Waals surface area contributed by atoms with Crippen molar-refractivity contribution in [2.75, 3.05) is 0 Å². The van der Waals surface area contributed by atoms with Crippen LogP contribution in [0.5, 0.6) is 0 Å². The first kappa shape index (κ1) is 16.2. The Kier molecular flexibility index (Phi) is 15.1. The summed E-state index contributed by atoms with van der Waals surface area (Å²) in [6, 6.07) is 0. The summed E-state index contributed by atoms with van der Waals surface area (Å²) in [4.78, 5) is 9.68. The molecule has 0 aliphatic heterocycles. The third-order valence-corrected chi connectivity index (χ3v) is 0.672. The van der Waals surface area contributed by atoms with Crippen molar-refractivity contribution in [3.63, 3.8) is 0 Å². The summed E-state index contributed by atoms with van der Waals surface area (Å²) in [5.41, 5.74) is 0. The van der Waals surface area contributed by atoms with Gasteiger partial charge in [0.15, 0.2) is 6.10 Å². The Morgan fingerprint density at radius 3 is 2.11 bits per heavy atom. The molecule has 0 heterocycles. The van der Waals surface area contributed by atoms with Gasteiger partial charge in [-0.2, -0.15) is 0 Å². The van der Waals surface area contributed by atoms with Gasteiger partial charge in [0, 0.05) is 0 Å². The van der Waals surface area contributed by atoms with Crippen molar-refractivity contribution >= 4 is 5.97 Å². The van der Waals surface area contributed by atoms with Gasteiger partial charge >= 0.3 is 35.5 Å². The number of rotatable bonds is 2. The van der Waals surface area contributed by atoms with Gasteiger partial charge in [0.1, 0.15) is 0 Å². The maximum Gasteiger partial charge on any atom is 1.00 e. The van der Waals surface area contributed by atoms with Crippen LogP contribution in [-0.4, -0.2) is 22.3 Å². The molecule has 0 aromatic carbocycles. The van der Waals surface area contributed by atoms with Gasteiger partial charge in [0.2, 0.25) is 0 Å². The van der Waals surface area contributed by atoms with Gasteiger partial charge in [-0.15, -0.1) is 0 Å². The number of carboxylic acids is 1. The molecule has 0 aliphatic carbocycles. The molecule has 0 bridgehead atoms. The summed E-state index contributed by atoms with van der Waals surface area (Å²) in [7, 11) is 0. The molecule has 0 aliphatic rings. The van der Waals surface area contributed by atoms with Gasteiger partial charge in [-0.1, -0.05) is 6.92 Å². The van der Waals surface area contributed by atoms with Crippen molar-refractivity contribution in [3.05, 3.63) is 0 Å². The Labute approximate surface area is 77.6 Å². The fourth-order valence-corrected chi connectivity index (χ4v) is 0.175. The first-order chi connectivity index (χ1) is 3.18. The van der Waals surface area contributed by atoms with E-state index in [0.29, 0.717) is 0 Å². The molecule has 0 radical (unpaired) electrons. The molecule has 0 spiro atoms. The Morgan fingerprint density at radius 1 is 1.78 bits per heavy atom. The third-order valence-electron chi connectivity index (χ3n) is 0.672. The smallest absolute Gasteiger partial charge is 1.00 e. The molecule has 1 unspecified atom stereocenters. The molecule has 0 amide bonds. The van der Waals surface area contributed by atoms with E-state index in [4.69, 9.17) is 10.2 Å². The quantitative estimate of drug-likeness (QED) is 0.364. The van der Waals surface area contributed by atoms with E-state index in [1.165, 1.54) is 0 Å². The number of hydrogen-bond donors (Lipinski definition) is 3. The van der Waals surface area contributed by atoms with Crippen LogP contribution in [-0.2, 0) is 4.79 Å². The molecular weight excluding hydrogens is 133 g/mol. The zero-order chi connectivity index (χ0) is 5.86. The summed E-state index contributed by atoms with van der Waals surface area (Å²) in [5, 5.41) is 16.3. The van der Waals surface area contributed by atoms with Crippen molar-refractivity contribution in [2.45, 2.75) is 19.4 Å². The van der Waals surface area contributed by atoms with Crippen LogP contribution in [0.2, 0.25) is 0 Å². The summed E-state index contributed by atoms with van der Waals surface area (Å²) in [6.45, 7) is 1.61. The van der Waals surface area contributed by atoms with Crippen LogP contribution in [0.3, 0.4) is 0 Å². The van der Waals surface area contributed by atoms with Gasteiger partial charge in [0.05, 0.1) is 0 Å². The van der Waals surface area contributed by atoms with E-state index in [0.717, 1.165) is 0 Å². The molecule has 0 aromatic heterocycles. The minimum Gasteiger partial charge on any atom is -1.00 e. The van der Waals surface area contributed by atoms with Crippen LogP contribution in [0.1, 0.15) is 14.8 Å². The van der Waals surface area contributed by atoms with Crippen LogP contribution in [0.25, 0.3) is 0 Å². The molecule has 0 saturated carbocycles. The second-order valence-corrected chi connectivity index (χ2v) is 1.26. The number of aliphatic carboxylic acids is 1. The topological polar surface area (TPSA) is 92.5 Å². The van der Waals surface area contributed by atoms with Crippen molar-refractivity contribution in [1.29, 1.82) is 0 Å². The second-order valence-electron chi connectivity index (χ2n) is 1.26. The molecule has 0 aromatic rings. The Hall–Kier alpha value is 0.390. The van der Waals surface area contributed by atoms with Crippen LogP contribution >= 0.6 is 0 Å². The number of aliphatic hydroxyl groups excluding tert-OH is 1. The summed E-state index contributed by atoms with van der Waals surface area (Å²) < 4.78 is 0. The van der Waals surface area contributed by atoms with Crippen LogP contribution in [0.4, 0.5) is 0 Å². The molecule has 0 fully saturated rings. The van der Waals surface area contributed by atoms with Crippen LogP contribution in [0.15, 0.2) is 0 Å². The Balaban J connectivity index is -0.0000000600. The predicted molar refractivity (Wildman–Crippen MR) is 30.1 cm³/mol. The number of carbonyl (C=O) groups is 1. The van der Waals surface area contributed by atoms with E-state index in [9.17, 15) is 4.79 Å². The monoisotopic (exact) mass is 145 g/mol. The molecule has 5 heteroatoms. The Morgan fingerprint density at radius 2 is 2.11 bits per heavy atom. The van der Waals surface area contributed by atoms with Crippen LogP contribution < -0.4 is 35.7 Å². The second kappa shape index (κ2) is 8.39. The zero-order valence-corrected chi connectivity index (χ0v) is 7.79. The fourth-order valence-electron chi connectivity index (χ4n) is 0.175. The van der Waals surface area contributed by atoms with E-state index in [1.54, 1.807) is 6.92 Å². The maximum atomic E-state index is 9.68. The fraction of sp³-hybridized carbons (Fsp3) is 0.750. The van der Waals surface area contributed by atoms with Gasteiger partial charge < -0.3 is 17.8 Å². The van der Waals surface area contributed by atoms with Crippen molar-refractivity contribution in [3.8, 4) is 0 Å². The van der Waals surface area contributed by atoms with E-state index in [-0.39, 0.29) is 43.6 Å². The van der Waals surface area contributed by atoms with E-state index >= 15 is 0 Å². The molecular formula is C4H12NNaO3. The Bertz CT molecular complexity index is 82.9. The van der Waals surface area contributed by atoms with Gasteiger partial charge in [-0.3, -0.25) is 0 Å². The normalized spacial score (nSPS) is 10.4. The molecule has 52 valence electrons. The first-order valence-corrected chi connectivity index (χ1v) is 2.09. The molecule has 5 N–H and O–H groups in total. The molecule has 1 atom stereocenters. The molecule has 4 nitrogen and oxygen atoms in total. The minimum absolute atomic E-state index is 0.